The summed E-state index contributed by atoms with van der Waals surface area (Å²) in [6.07, 6.45) is 0. The summed E-state index contributed by atoms with van der Waals surface area (Å²) in [4.78, 5) is 11.9. The maximum atomic E-state index is 11.9. The first-order valence-corrected chi connectivity index (χ1v) is 5.15. The third kappa shape index (κ3) is 2.73. The Bertz CT molecular complexity index is 439. The Morgan fingerprint density at radius 2 is 2.06 bits per heavy atom. The van der Waals surface area contributed by atoms with Gasteiger partial charge in [-0.05, 0) is 26.0 Å². The van der Waals surface area contributed by atoms with Gasteiger partial charge in [-0.15, -0.1) is 0 Å². The van der Waals surface area contributed by atoms with Crippen molar-refractivity contribution in [3.63, 3.8) is 0 Å². The van der Waals surface area contributed by atoms with E-state index in [1.807, 2.05) is 13.8 Å². The number of hydrogen-bond donors (Lipinski definition) is 1. The molecule has 0 radical (unpaired) electrons. The van der Waals surface area contributed by atoms with Crippen molar-refractivity contribution in [1.29, 1.82) is 0 Å². The summed E-state index contributed by atoms with van der Waals surface area (Å²) in [6, 6.07) is 4.95. The van der Waals surface area contributed by atoms with Crippen LogP contribution in [0.5, 0.6) is 0 Å². The number of rotatable bonds is 2. The number of nitrogen functional groups attached to an aromatic ring is 1. The van der Waals surface area contributed by atoms with E-state index in [1.165, 1.54) is 5.01 Å². The van der Waals surface area contributed by atoms with Crippen molar-refractivity contribution in [2.24, 2.45) is 5.10 Å². The van der Waals surface area contributed by atoms with Crippen molar-refractivity contribution in [2.75, 3.05) is 12.8 Å². The number of hydrogen-bond acceptors (Lipinski definition) is 3. The molecule has 0 saturated heterocycles. The van der Waals surface area contributed by atoms with Crippen LogP contribution in [0.2, 0.25) is 5.02 Å². The standard InChI is InChI=1S/C11H14ClN3O/c1-7(2)14-15(3)11(16)8-5-4-6-9(12)10(8)13/h4-6H,13H2,1-3H3. The topological polar surface area (TPSA) is 58.7 Å². The highest BCUT2D eigenvalue weighted by atomic mass is 35.5. The van der Waals surface area contributed by atoms with Crippen LogP contribution in [-0.2, 0) is 0 Å². The van der Waals surface area contributed by atoms with E-state index in [4.69, 9.17) is 17.3 Å². The second-order valence-electron chi connectivity index (χ2n) is 3.58. The lowest BCUT2D eigenvalue weighted by molar-refractivity contribution is 0.0800. The smallest absolute Gasteiger partial charge is 0.275 e. The van der Waals surface area contributed by atoms with Gasteiger partial charge in [0.05, 0.1) is 16.3 Å². The number of nitrogens with zero attached hydrogens (tertiary/aromatic N) is 2. The molecule has 0 aliphatic carbocycles. The molecule has 1 rings (SSSR count). The van der Waals surface area contributed by atoms with Crippen LogP contribution < -0.4 is 5.73 Å². The fourth-order valence-corrected chi connectivity index (χ4v) is 1.42. The van der Waals surface area contributed by atoms with Gasteiger partial charge in [-0.2, -0.15) is 5.10 Å². The lowest BCUT2D eigenvalue weighted by Crippen LogP contribution is -2.23. The predicted octanol–water partition coefficient (Wildman–Crippen LogP) is 2.39. The maximum Gasteiger partial charge on any atom is 0.275 e. The van der Waals surface area contributed by atoms with Crippen LogP contribution in [0.4, 0.5) is 5.69 Å². The molecule has 2 N–H and O–H groups in total. The van der Waals surface area contributed by atoms with Crippen LogP contribution in [0, 0.1) is 0 Å². The predicted molar refractivity (Wildman–Crippen MR) is 66.7 cm³/mol. The molecule has 0 atom stereocenters. The van der Waals surface area contributed by atoms with Gasteiger partial charge in [0.25, 0.3) is 5.91 Å². The Labute approximate surface area is 99.7 Å². The number of amides is 1. The van der Waals surface area contributed by atoms with Crippen molar-refractivity contribution in [2.45, 2.75) is 13.8 Å². The summed E-state index contributed by atoms with van der Waals surface area (Å²) >= 11 is 5.84. The van der Waals surface area contributed by atoms with Gasteiger partial charge in [0.1, 0.15) is 0 Å². The minimum Gasteiger partial charge on any atom is -0.397 e. The van der Waals surface area contributed by atoms with Crippen molar-refractivity contribution in [1.82, 2.24) is 5.01 Å². The van der Waals surface area contributed by atoms with Gasteiger partial charge in [0.2, 0.25) is 0 Å². The fraction of sp³-hybridized carbons (Fsp3) is 0.273. The Hall–Kier alpha value is -1.55. The fourth-order valence-electron chi connectivity index (χ4n) is 1.24. The van der Waals surface area contributed by atoms with E-state index in [0.29, 0.717) is 10.6 Å². The first-order chi connectivity index (χ1) is 7.43. The van der Waals surface area contributed by atoms with Crippen LogP contribution >= 0.6 is 11.6 Å². The molecule has 86 valence electrons. The largest absolute Gasteiger partial charge is 0.397 e. The summed E-state index contributed by atoms with van der Waals surface area (Å²) in [5.74, 6) is -0.277. The number of para-hydroxylation sites is 1. The normalized spacial score (nSPS) is 9.75. The third-order valence-electron chi connectivity index (χ3n) is 1.93. The second-order valence-corrected chi connectivity index (χ2v) is 3.98. The summed E-state index contributed by atoms with van der Waals surface area (Å²) in [5.41, 5.74) is 7.16. The SMILES string of the molecule is CC(C)=NN(C)C(=O)c1cccc(Cl)c1N. The van der Waals surface area contributed by atoms with Gasteiger partial charge in [-0.25, -0.2) is 5.01 Å². The molecule has 4 nitrogen and oxygen atoms in total. The minimum atomic E-state index is -0.277. The molecule has 16 heavy (non-hydrogen) atoms. The molecule has 0 aliphatic heterocycles. The van der Waals surface area contributed by atoms with E-state index >= 15 is 0 Å². The Kier molecular flexibility index (Phi) is 3.90. The van der Waals surface area contributed by atoms with Crippen LogP contribution in [-0.4, -0.2) is 23.7 Å². The molecule has 0 aromatic heterocycles. The highest BCUT2D eigenvalue weighted by Gasteiger charge is 2.15. The number of carbonyl (C=O) groups is 1. The van der Waals surface area contributed by atoms with E-state index in [-0.39, 0.29) is 11.6 Å². The number of hydrazone groups is 1. The average molecular weight is 240 g/mol. The molecular formula is C11H14ClN3O. The lowest BCUT2D eigenvalue weighted by atomic mass is 10.1. The summed E-state index contributed by atoms with van der Waals surface area (Å²) in [5, 5.41) is 5.65. The van der Waals surface area contributed by atoms with Gasteiger partial charge in [0.15, 0.2) is 0 Å². The molecule has 1 aromatic carbocycles. The molecule has 0 heterocycles. The summed E-state index contributed by atoms with van der Waals surface area (Å²) in [6.45, 7) is 3.62. The summed E-state index contributed by atoms with van der Waals surface area (Å²) < 4.78 is 0. The highest BCUT2D eigenvalue weighted by Crippen LogP contribution is 2.23. The van der Waals surface area contributed by atoms with E-state index in [0.717, 1.165) is 5.71 Å². The van der Waals surface area contributed by atoms with Crippen molar-refractivity contribution < 1.29 is 4.79 Å². The molecule has 5 heteroatoms. The third-order valence-corrected chi connectivity index (χ3v) is 2.26. The van der Waals surface area contributed by atoms with Gasteiger partial charge in [-0.1, -0.05) is 17.7 Å². The molecule has 1 amide bonds. The van der Waals surface area contributed by atoms with Gasteiger partial charge < -0.3 is 5.73 Å². The Balaban J connectivity index is 3.06. The van der Waals surface area contributed by atoms with Gasteiger partial charge in [0, 0.05) is 12.8 Å². The number of benzene rings is 1. The lowest BCUT2D eigenvalue weighted by Gasteiger charge is -2.13. The first-order valence-electron chi connectivity index (χ1n) is 4.77. The van der Waals surface area contributed by atoms with Gasteiger partial charge >= 0.3 is 0 Å². The van der Waals surface area contributed by atoms with Crippen molar-refractivity contribution in [3.05, 3.63) is 28.8 Å². The zero-order valence-corrected chi connectivity index (χ0v) is 10.2. The Morgan fingerprint density at radius 1 is 1.44 bits per heavy atom. The van der Waals surface area contributed by atoms with E-state index in [1.54, 1.807) is 25.2 Å². The van der Waals surface area contributed by atoms with E-state index in [2.05, 4.69) is 5.10 Å². The molecule has 0 bridgehead atoms. The molecule has 0 saturated carbocycles. The molecule has 0 aliphatic rings. The highest BCUT2D eigenvalue weighted by molar-refractivity contribution is 6.33. The second kappa shape index (κ2) is 4.99. The minimum absolute atomic E-state index is 0.277. The van der Waals surface area contributed by atoms with Crippen LogP contribution in [0.25, 0.3) is 0 Å². The average Bonchev–Trinajstić information content (AvgIpc) is 2.20. The molecule has 0 spiro atoms. The van der Waals surface area contributed by atoms with E-state index < -0.39 is 0 Å². The number of nitrogens with two attached hydrogens (primary N) is 1. The summed E-state index contributed by atoms with van der Waals surface area (Å²) in [7, 11) is 1.58. The quantitative estimate of drug-likeness (QED) is 0.489. The number of carbonyl (C=O) groups excluding carboxylic acids is 1. The van der Waals surface area contributed by atoms with Crippen LogP contribution in [0.15, 0.2) is 23.3 Å². The zero-order valence-electron chi connectivity index (χ0n) is 9.49. The molecule has 0 unspecified atom stereocenters. The molecular weight excluding hydrogens is 226 g/mol. The number of halogens is 1. The van der Waals surface area contributed by atoms with Crippen LogP contribution in [0.1, 0.15) is 24.2 Å². The molecule has 0 fully saturated rings. The first kappa shape index (κ1) is 12.5. The van der Waals surface area contributed by atoms with Crippen molar-refractivity contribution >= 4 is 28.9 Å². The zero-order chi connectivity index (χ0) is 12.3. The molecule has 1 aromatic rings. The van der Waals surface area contributed by atoms with Gasteiger partial charge in [-0.3, -0.25) is 4.79 Å². The Morgan fingerprint density at radius 3 is 2.62 bits per heavy atom. The van der Waals surface area contributed by atoms with Crippen LogP contribution in [0.3, 0.4) is 0 Å². The maximum absolute atomic E-state index is 11.9. The van der Waals surface area contributed by atoms with Crippen molar-refractivity contribution in [3.8, 4) is 0 Å². The monoisotopic (exact) mass is 239 g/mol. The number of anilines is 1. The van der Waals surface area contributed by atoms with E-state index in [9.17, 15) is 4.79 Å².